The molecular formula is C114H73N7S. The molecule has 22 aromatic rings. The molecular weight excluding hydrogens is 1500 g/mol. The van der Waals surface area contributed by atoms with Crippen LogP contribution in [0.5, 0.6) is 0 Å². The average molecular weight is 1570 g/mol. The van der Waals surface area contributed by atoms with Crippen molar-refractivity contribution in [3.8, 4) is 185 Å². The van der Waals surface area contributed by atoms with Gasteiger partial charge in [0.15, 0.2) is 34.9 Å². The minimum absolute atomic E-state index is 0.550. The Kier molecular flexibility index (Phi) is 18.7. The van der Waals surface area contributed by atoms with Crippen LogP contribution in [0.1, 0.15) is 0 Å². The van der Waals surface area contributed by atoms with Crippen LogP contribution in [0.3, 0.4) is 0 Å². The summed E-state index contributed by atoms with van der Waals surface area (Å²) in [7, 11) is 0. The first-order chi connectivity index (χ1) is 60.4. The summed E-state index contributed by atoms with van der Waals surface area (Å²) in [6.45, 7) is 0. The zero-order valence-corrected chi connectivity index (χ0v) is 67.0. The minimum Gasteiger partial charge on any atom is -0.309 e. The zero-order chi connectivity index (χ0) is 80.8. The first-order valence-electron chi connectivity index (χ1n) is 41.2. The zero-order valence-electron chi connectivity index (χ0n) is 66.2. The first-order valence-corrected chi connectivity index (χ1v) is 42.0. The van der Waals surface area contributed by atoms with Crippen molar-refractivity contribution >= 4 is 53.3 Å². The average Bonchev–Trinajstić information content (AvgIpc) is 1.54. The van der Waals surface area contributed by atoms with Gasteiger partial charge in [0.25, 0.3) is 0 Å². The Hall–Kier alpha value is -16.0. The third-order valence-corrected chi connectivity index (χ3v) is 24.4. The highest BCUT2D eigenvalue weighted by molar-refractivity contribution is 7.27. The number of rotatable bonds is 17. The van der Waals surface area contributed by atoms with Crippen LogP contribution in [-0.4, -0.2) is 34.5 Å². The molecule has 18 aromatic carbocycles. The van der Waals surface area contributed by atoms with E-state index in [0.717, 1.165) is 192 Å². The molecule has 0 fully saturated rings. The van der Waals surface area contributed by atoms with Gasteiger partial charge in [0, 0.05) is 75.6 Å². The fourth-order valence-corrected chi connectivity index (χ4v) is 18.7. The van der Waals surface area contributed by atoms with Gasteiger partial charge in [-0.05, 0) is 215 Å². The summed E-state index contributed by atoms with van der Waals surface area (Å²) in [6.07, 6.45) is 0. The molecule has 4 aromatic heterocycles. The van der Waals surface area contributed by atoms with Gasteiger partial charge in [-0.2, -0.15) is 0 Å². The van der Waals surface area contributed by atoms with E-state index in [0.29, 0.717) is 34.9 Å². The van der Waals surface area contributed by atoms with E-state index in [-0.39, 0.29) is 0 Å². The Morgan fingerprint density at radius 3 is 0.746 bits per heavy atom. The van der Waals surface area contributed by atoms with Crippen molar-refractivity contribution in [1.29, 1.82) is 0 Å². The number of aromatic nitrogens is 7. The second kappa shape index (κ2) is 31.5. The van der Waals surface area contributed by atoms with Crippen LogP contribution >= 0.6 is 11.3 Å². The van der Waals surface area contributed by atoms with Gasteiger partial charge in [0.1, 0.15) is 0 Å². The quantitative estimate of drug-likeness (QED) is 0.0903. The van der Waals surface area contributed by atoms with Crippen molar-refractivity contribution in [2.45, 2.75) is 0 Å². The Morgan fingerprint density at radius 1 is 0.164 bits per heavy atom. The molecule has 0 radical (unpaired) electrons. The molecule has 7 nitrogen and oxygen atoms in total. The van der Waals surface area contributed by atoms with Crippen molar-refractivity contribution in [3.05, 3.63) is 443 Å². The van der Waals surface area contributed by atoms with Crippen LogP contribution in [0.4, 0.5) is 0 Å². The highest BCUT2D eigenvalue weighted by Crippen LogP contribution is 2.51. The highest BCUT2D eigenvalue weighted by Gasteiger charge is 2.26. The van der Waals surface area contributed by atoms with Gasteiger partial charge < -0.3 is 4.57 Å². The second-order valence-electron chi connectivity index (χ2n) is 30.9. The van der Waals surface area contributed by atoms with E-state index in [4.69, 9.17) is 29.9 Å². The molecule has 22 rings (SSSR count). The van der Waals surface area contributed by atoms with E-state index < -0.39 is 0 Å². The third-order valence-electron chi connectivity index (χ3n) is 23.2. The molecule has 0 N–H and O–H groups in total. The lowest BCUT2D eigenvalue weighted by Crippen LogP contribution is -2.01. The van der Waals surface area contributed by atoms with Crippen LogP contribution in [0.2, 0.25) is 0 Å². The van der Waals surface area contributed by atoms with Crippen molar-refractivity contribution in [1.82, 2.24) is 34.5 Å². The lowest BCUT2D eigenvalue weighted by atomic mass is 9.95. The molecule has 0 unspecified atom stereocenters. The summed E-state index contributed by atoms with van der Waals surface area (Å²) in [6, 6.07) is 158. The molecule has 0 aliphatic rings. The van der Waals surface area contributed by atoms with Gasteiger partial charge in [-0.1, -0.05) is 334 Å². The lowest BCUT2D eigenvalue weighted by Gasteiger charge is -2.14. The lowest BCUT2D eigenvalue weighted by molar-refractivity contribution is 1.07. The maximum Gasteiger partial charge on any atom is 0.164 e. The molecule has 122 heavy (non-hydrogen) atoms. The van der Waals surface area contributed by atoms with Crippen LogP contribution in [-0.2, 0) is 0 Å². The Balaban J connectivity index is 0.745. The number of hydrogen-bond acceptors (Lipinski definition) is 7. The maximum atomic E-state index is 5.63. The highest BCUT2D eigenvalue weighted by atomic mass is 32.1. The van der Waals surface area contributed by atoms with Gasteiger partial charge >= 0.3 is 0 Å². The van der Waals surface area contributed by atoms with Crippen LogP contribution in [0.15, 0.2) is 443 Å². The topological polar surface area (TPSA) is 82.3 Å². The number of nitrogens with zero attached hydrogens (tertiary/aromatic N) is 7. The molecule has 8 heteroatoms. The van der Waals surface area contributed by atoms with Crippen LogP contribution in [0.25, 0.3) is 227 Å². The fraction of sp³-hybridized carbons (Fsp3) is 0. The van der Waals surface area contributed by atoms with Gasteiger partial charge in [0.2, 0.25) is 0 Å². The van der Waals surface area contributed by atoms with E-state index in [1.807, 2.05) is 11.3 Å². The second-order valence-corrected chi connectivity index (χ2v) is 31.9. The van der Waals surface area contributed by atoms with E-state index in [1.165, 1.54) is 0 Å². The van der Waals surface area contributed by atoms with E-state index in [1.54, 1.807) is 0 Å². The monoisotopic (exact) mass is 1570 g/mol. The van der Waals surface area contributed by atoms with Crippen molar-refractivity contribution in [2.24, 2.45) is 0 Å². The van der Waals surface area contributed by atoms with Gasteiger partial charge in [-0.25, -0.2) is 29.9 Å². The molecule has 0 saturated carbocycles. The van der Waals surface area contributed by atoms with Gasteiger partial charge in [-0.15, -0.1) is 11.3 Å². The molecule has 0 aliphatic heterocycles. The summed E-state index contributed by atoms with van der Waals surface area (Å²) in [4.78, 5) is 33.6. The van der Waals surface area contributed by atoms with Crippen molar-refractivity contribution in [2.75, 3.05) is 0 Å². The van der Waals surface area contributed by atoms with Gasteiger partial charge in [-0.3, -0.25) is 0 Å². The van der Waals surface area contributed by atoms with Crippen molar-refractivity contribution < 1.29 is 0 Å². The Morgan fingerprint density at radius 2 is 0.410 bits per heavy atom. The SMILES string of the molecule is c1ccc(-c2cc(-c3ccccc3)cc(-c3nc(-c4cc(-c5ccccc5)cc(-c5ccccc5)c4)nc(-c4cccc(-c5cccc6c5sc5c(-c7cccc(-c8nc(-c9cc(-c%10ccccc%10)cc(-c%10ccccc%10)c9)nc(-c9cc(-c%10ccccc%10)cc(-c%10ccccc%10)c9)n8)c7)cc7c8ccccc8n(-c8ccccc8)c7c56)c4)n3)c2)cc1. The molecule has 0 saturated heterocycles. The summed E-state index contributed by atoms with van der Waals surface area (Å²) >= 11 is 1.84. The smallest absolute Gasteiger partial charge is 0.164 e. The van der Waals surface area contributed by atoms with Crippen LogP contribution < -0.4 is 0 Å². The molecule has 4 heterocycles. The molecule has 570 valence electrons. The normalized spacial score (nSPS) is 11.4. The Labute approximate surface area is 711 Å². The molecule has 0 spiro atoms. The predicted molar refractivity (Wildman–Crippen MR) is 507 cm³/mol. The fourth-order valence-electron chi connectivity index (χ4n) is 17.3. The number of hydrogen-bond donors (Lipinski definition) is 0. The molecule has 0 aliphatic carbocycles. The summed E-state index contributed by atoms with van der Waals surface area (Å²) in [5, 5.41) is 4.61. The Bertz CT molecular complexity index is 7170. The largest absolute Gasteiger partial charge is 0.309 e. The number of fused-ring (bicyclic) bond motifs is 7. The van der Waals surface area contributed by atoms with Crippen molar-refractivity contribution in [3.63, 3.8) is 0 Å². The molecule has 0 bridgehead atoms. The predicted octanol–water partition coefficient (Wildman–Crippen LogP) is 30.2. The third kappa shape index (κ3) is 14.0. The van der Waals surface area contributed by atoms with Gasteiger partial charge in [0.05, 0.1) is 11.0 Å². The molecule has 0 atom stereocenters. The number of thiophene rings is 1. The van der Waals surface area contributed by atoms with E-state index in [2.05, 4.69) is 447 Å². The summed E-state index contributed by atoms with van der Waals surface area (Å²) in [5.41, 5.74) is 30.0. The minimum atomic E-state index is 0.550. The number of benzene rings is 18. The maximum absolute atomic E-state index is 5.63. The van der Waals surface area contributed by atoms with E-state index in [9.17, 15) is 0 Å². The summed E-state index contributed by atoms with van der Waals surface area (Å²) in [5.74, 6) is 3.34. The standard InChI is InChI=1S/C114H73N7S/c1-10-33-74(34-11-1)86-61-87(75-35-12-2-13-36-75)66-94(65-86)111-115-109(116-112(119-111)95-67-88(76-37-14-3-15-38-76)62-89(68-95)77-39-16-4-17-40-77)84-51-30-49-82(59-84)99-56-32-57-101-105-106-103(100-55-28-29-58-104(100)121(106)98-53-26-9-27-54-98)73-102(108(105)122-107(99)101)83-50-31-52-85(60-83)110-117-113(96-69-90(78-41-18-5-19-42-78)63-91(70-96)79-43-20-6-21-44-79)120-114(118-110)97-71-92(80-45-22-7-23-46-80)64-93(72-97)81-47-24-8-25-48-81/h1-73H. The molecule has 0 amide bonds. The number of para-hydroxylation sites is 2. The van der Waals surface area contributed by atoms with E-state index >= 15 is 0 Å². The first kappa shape index (κ1) is 72.5. The summed E-state index contributed by atoms with van der Waals surface area (Å²) < 4.78 is 4.77. The van der Waals surface area contributed by atoms with Crippen LogP contribution in [0, 0.1) is 0 Å².